The van der Waals surface area contributed by atoms with Crippen molar-refractivity contribution in [2.24, 2.45) is 0 Å². The number of phenolic OH excluding ortho intramolecular Hbond substituents is 1. The van der Waals surface area contributed by atoms with E-state index in [0.717, 1.165) is 0 Å². The molecule has 0 aliphatic carbocycles. The highest BCUT2D eigenvalue weighted by molar-refractivity contribution is 5.91. The molecule has 0 radical (unpaired) electrons. The molecule has 0 saturated heterocycles. The summed E-state index contributed by atoms with van der Waals surface area (Å²) in [4.78, 5) is 11.4. The second-order valence-electron chi connectivity index (χ2n) is 2.98. The van der Waals surface area contributed by atoms with Gasteiger partial charge in [-0.15, -0.1) is 0 Å². The topological polar surface area (TPSA) is 70.3 Å². The molecule has 0 heterocycles. The van der Waals surface area contributed by atoms with E-state index in [0.29, 0.717) is 17.5 Å². The first-order valence-corrected chi connectivity index (χ1v) is 4.48. The molecule has 0 amide bonds. The number of hydrogen-bond acceptors (Lipinski definition) is 4. The van der Waals surface area contributed by atoms with Gasteiger partial charge in [-0.3, -0.25) is 0 Å². The van der Waals surface area contributed by atoms with Gasteiger partial charge in [-0.2, -0.15) is 5.26 Å². The van der Waals surface area contributed by atoms with Crippen molar-refractivity contribution in [1.82, 2.24) is 0 Å². The zero-order valence-electron chi connectivity index (χ0n) is 8.57. The number of carbonyl (C=O) groups is 1. The van der Waals surface area contributed by atoms with Gasteiger partial charge < -0.3 is 9.84 Å². The lowest BCUT2D eigenvalue weighted by atomic mass is 10.0. The summed E-state index contributed by atoms with van der Waals surface area (Å²) in [6.45, 7) is 1.85. The van der Waals surface area contributed by atoms with Gasteiger partial charge in [0, 0.05) is 0 Å². The first-order chi connectivity index (χ1) is 7.13. The van der Waals surface area contributed by atoms with E-state index in [1.165, 1.54) is 19.2 Å². The number of ether oxygens (including phenoxy) is 1. The summed E-state index contributed by atoms with van der Waals surface area (Å²) in [7, 11) is 1.28. The second kappa shape index (κ2) is 4.47. The standard InChI is InChI=1S/C11H11NO3/c1-3-7-5-10(13)8(6-12)4-9(7)11(14)15-2/h4-5,13H,3H2,1-2H3. The van der Waals surface area contributed by atoms with Gasteiger partial charge in [-0.1, -0.05) is 6.92 Å². The van der Waals surface area contributed by atoms with Crippen molar-refractivity contribution in [1.29, 1.82) is 5.26 Å². The van der Waals surface area contributed by atoms with Crippen molar-refractivity contribution in [3.63, 3.8) is 0 Å². The number of benzene rings is 1. The van der Waals surface area contributed by atoms with Crippen molar-refractivity contribution in [2.45, 2.75) is 13.3 Å². The minimum atomic E-state index is -0.497. The quantitative estimate of drug-likeness (QED) is 0.744. The molecule has 0 aliphatic heterocycles. The van der Waals surface area contributed by atoms with E-state index in [1.54, 1.807) is 0 Å². The van der Waals surface area contributed by atoms with Crippen LogP contribution in [0.3, 0.4) is 0 Å². The average molecular weight is 205 g/mol. The molecule has 15 heavy (non-hydrogen) atoms. The lowest BCUT2D eigenvalue weighted by Gasteiger charge is -2.07. The summed E-state index contributed by atoms with van der Waals surface area (Å²) in [6.07, 6.45) is 0.587. The maximum absolute atomic E-state index is 11.4. The highest BCUT2D eigenvalue weighted by Crippen LogP contribution is 2.23. The van der Waals surface area contributed by atoms with Crippen molar-refractivity contribution in [2.75, 3.05) is 7.11 Å². The Balaban J connectivity index is 3.36. The fourth-order valence-corrected chi connectivity index (χ4v) is 1.31. The van der Waals surface area contributed by atoms with Crippen LogP contribution in [0.5, 0.6) is 5.75 Å². The van der Waals surface area contributed by atoms with E-state index in [9.17, 15) is 9.90 Å². The van der Waals surface area contributed by atoms with Gasteiger partial charge in [0.25, 0.3) is 0 Å². The van der Waals surface area contributed by atoms with Gasteiger partial charge in [0.05, 0.1) is 18.2 Å². The monoisotopic (exact) mass is 205 g/mol. The predicted octanol–water partition coefficient (Wildman–Crippen LogP) is 1.61. The van der Waals surface area contributed by atoms with E-state index in [-0.39, 0.29) is 11.3 Å². The summed E-state index contributed by atoms with van der Waals surface area (Å²) in [6, 6.07) is 4.58. The van der Waals surface area contributed by atoms with Crippen molar-refractivity contribution in [3.05, 3.63) is 28.8 Å². The van der Waals surface area contributed by atoms with Gasteiger partial charge in [0.2, 0.25) is 0 Å². The zero-order valence-corrected chi connectivity index (χ0v) is 8.57. The Morgan fingerprint density at radius 1 is 1.60 bits per heavy atom. The Bertz CT molecular complexity index is 432. The van der Waals surface area contributed by atoms with E-state index >= 15 is 0 Å². The normalized spacial score (nSPS) is 9.40. The number of aryl methyl sites for hydroxylation is 1. The molecule has 4 heteroatoms. The molecular formula is C11H11NO3. The summed E-state index contributed by atoms with van der Waals surface area (Å²) < 4.78 is 4.59. The zero-order chi connectivity index (χ0) is 11.4. The van der Waals surface area contributed by atoms with Crippen LogP contribution in [-0.2, 0) is 11.2 Å². The molecular weight excluding hydrogens is 194 g/mol. The first kappa shape index (κ1) is 11.1. The van der Waals surface area contributed by atoms with Crippen LogP contribution in [-0.4, -0.2) is 18.2 Å². The van der Waals surface area contributed by atoms with Crippen LogP contribution in [0.4, 0.5) is 0 Å². The lowest BCUT2D eigenvalue weighted by Crippen LogP contribution is -2.05. The maximum Gasteiger partial charge on any atom is 0.338 e. The number of hydrogen-bond donors (Lipinski definition) is 1. The fourth-order valence-electron chi connectivity index (χ4n) is 1.31. The number of rotatable bonds is 2. The molecule has 1 N–H and O–H groups in total. The fraction of sp³-hybridized carbons (Fsp3) is 0.273. The van der Waals surface area contributed by atoms with E-state index in [4.69, 9.17) is 5.26 Å². The molecule has 0 unspecified atom stereocenters. The number of aromatic hydroxyl groups is 1. The van der Waals surface area contributed by atoms with Crippen LogP contribution in [0.2, 0.25) is 0 Å². The molecule has 78 valence electrons. The molecule has 0 bridgehead atoms. The smallest absolute Gasteiger partial charge is 0.338 e. The molecule has 0 aliphatic rings. The number of nitrogens with zero attached hydrogens (tertiary/aromatic N) is 1. The maximum atomic E-state index is 11.4. The van der Waals surface area contributed by atoms with E-state index < -0.39 is 5.97 Å². The Hall–Kier alpha value is -2.02. The highest BCUT2D eigenvalue weighted by Gasteiger charge is 2.14. The molecule has 1 aromatic carbocycles. The van der Waals surface area contributed by atoms with E-state index in [2.05, 4.69) is 4.74 Å². The van der Waals surface area contributed by atoms with Crippen LogP contribution in [0.15, 0.2) is 12.1 Å². The summed E-state index contributed by atoms with van der Waals surface area (Å²) in [5.41, 5.74) is 1.07. The molecule has 0 fully saturated rings. The highest BCUT2D eigenvalue weighted by atomic mass is 16.5. The SMILES string of the molecule is CCc1cc(O)c(C#N)cc1C(=O)OC. The number of phenols is 1. The molecule has 0 saturated carbocycles. The van der Waals surface area contributed by atoms with Crippen molar-refractivity contribution < 1.29 is 14.6 Å². The number of nitriles is 1. The minimum Gasteiger partial charge on any atom is -0.507 e. The van der Waals surface area contributed by atoms with Gasteiger partial charge >= 0.3 is 5.97 Å². The Kier molecular flexibility index (Phi) is 3.29. The van der Waals surface area contributed by atoms with Crippen LogP contribution in [0.25, 0.3) is 0 Å². The van der Waals surface area contributed by atoms with Crippen molar-refractivity contribution in [3.8, 4) is 11.8 Å². The third-order valence-corrected chi connectivity index (χ3v) is 2.13. The summed E-state index contributed by atoms with van der Waals surface area (Å²) in [5, 5.41) is 18.1. The van der Waals surface area contributed by atoms with Gasteiger partial charge in [0.15, 0.2) is 0 Å². The summed E-state index contributed by atoms with van der Waals surface area (Å²) >= 11 is 0. The van der Waals surface area contributed by atoms with Crippen LogP contribution >= 0.6 is 0 Å². The number of carbonyl (C=O) groups excluding carboxylic acids is 1. The molecule has 1 rings (SSSR count). The predicted molar refractivity (Wildman–Crippen MR) is 53.5 cm³/mol. The molecule has 0 atom stereocenters. The van der Waals surface area contributed by atoms with Gasteiger partial charge in [0.1, 0.15) is 11.8 Å². The molecule has 4 nitrogen and oxygen atoms in total. The van der Waals surface area contributed by atoms with E-state index in [1.807, 2.05) is 13.0 Å². The second-order valence-corrected chi connectivity index (χ2v) is 2.98. The van der Waals surface area contributed by atoms with Crippen LogP contribution in [0, 0.1) is 11.3 Å². The number of esters is 1. The largest absolute Gasteiger partial charge is 0.507 e. The molecule has 0 spiro atoms. The third kappa shape index (κ3) is 2.08. The number of methoxy groups -OCH3 is 1. The Labute approximate surface area is 87.7 Å². The molecule has 1 aromatic rings. The van der Waals surface area contributed by atoms with Crippen LogP contribution in [0.1, 0.15) is 28.4 Å². The minimum absolute atomic E-state index is 0.0765. The van der Waals surface area contributed by atoms with Crippen LogP contribution < -0.4 is 0 Å². The Morgan fingerprint density at radius 2 is 2.27 bits per heavy atom. The average Bonchev–Trinajstić information content (AvgIpc) is 2.27. The van der Waals surface area contributed by atoms with Crippen molar-refractivity contribution >= 4 is 5.97 Å². The van der Waals surface area contributed by atoms with Gasteiger partial charge in [-0.05, 0) is 24.1 Å². The van der Waals surface area contributed by atoms with Gasteiger partial charge in [-0.25, -0.2) is 4.79 Å². The Morgan fingerprint density at radius 3 is 2.73 bits per heavy atom. The summed E-state index contributed by atoms with van der Waals surface area (Å²) in [5.74, 6) is -0.606. The first-order valence-electron chi connectivity index (χ1n) is 4.48. The third-order valence-electron chi connectivity index (χ3n) is 2.13. The molecule has 0 aromatic heterocycles. The lowest BCUT2D eigenvalue weighted by molar-refractivity contribution is 0.0599.